The van der Waals surface area contributed by atoms with E-state index < -0.39 is 11.7 Å². The summed E-state index contributed by atoms with van der Waals surface area (Å²) in [7, 11) is 0. The Kier molecular flexibility index (Phi) is 5.62. The van der Waals surface area contributed by atoms with Gasteiger partial charge in [0.2, 0.25) is 0 Å². The van der Waals surface area contributed by atoms with Crippen molar-refractivity contribution in [1.82, 2.24) is 15.3 Å². The van der Waals surface area contributed by atoms with Crippen LogP contribution in [0.4, 0.5) is 29.5 Å². The third-order valence-electron chi connectivity index (χ3n) is 5.23. The fraction of sp³-hybridized carbons (Fsp3) is 0.286. The van der Waals surface area contributed by atoms with Gasteiger partial charge in [0.15, 0.2) is 0 Å². The maximum absolute atomic E-state index is 12.8. The van der Waals surface area contributed by atoms with Gasteiger partial charge >= 0.3 is 12.2 Å². The smallest absolute Gasteiger partial charge is 0.353 e. The molecule has 3 heterocycles. The first kappa shape index (κ1) is 21.2. The molecule has 2 amide bonds. The number of hydrogen-bond donors (Lipinski definition) is 2. The second-order valence-electron chi connectivity index (χ2n) is 7.35. The average Bonchev–Trinajstić information content (AvgIpc) is 3.16. The molecule has 1 atom stereocenters. The lowest BCUT2D eigenvalue weighted by molar-refractivity contribution is -0.137. The Morgan fingerprint density at radius 2 is 2.03 bits per heavy atom. The highest BCUT2D eigenvalue weighted by Gasteiger charge is 2.33. The van der Waals surface area contributed by atoms with Gasteiger partial charge in [-0.15, -0.1) is 0 Å². The van der Waals surface area contributed by atoms with Crippen LogP contribution >= 0.6 is 11.6 Å². The molecule has 0 saturated carbocycles. The lowest BCUT2D eigenvalue weighted by Gasteiger charge is -2.20. The minimum absolute atomic E-state index is 0.0698. The van der Waals surface area contributed by atoms with Crippen LogP contribution in [-0.4, -0.2) is 35.1 Å². The van der Waals surface area contributed by atoms with Crippen molar-refractivity contribution in [3.63, 3.8) is 0 Å². The number of anilines is 2. The average molecular weight is 450 g/mol. The van der Waals surface area contributed by atoms with Crippen molar-refractivity contribution in [3.8, 4) is 0 Å². The van der Waals surface area contributed by atoms with E-state index in [0.717, 1.165) is 28.7 Å². The van der Waals surface area contributed by atoms with Crippen LogP contribution in [0.1, 0.15) is 17.7 Å². The van der Waals surface area contributed by atoms with Crippen LogP contribution in [0, 0.1) is 6.92 Å². The van der Waals surface area contributed by atoms with Crippen LogP contribution in [0.2, 0.25) is 5.02 Å². The molecule has 3 aromatic rings. The number of halogens is 4. The minimum atomic E-state index is -4.50. The number of pyridine rings is 2. The summed E-state index contributed by atoms with van der Waals surface area (Å²) in [6, 6.07) is 7.76. The topological polar surface area (TPSA) is 70.2 Å². The molecule has 0 bridgehead atoms. The third kappa shape index (κ3) is 4.51. The first-order valence-electron chi connectivity index (χ1n) is 9.62. The Morgan fingerprint density at radius 1 is 1.23 bits per heavy atom. The number of carbonyl (C=O) groups is 1. The highest BCUT2D eigenvalue weighted by Crippen LogP contribution is 2.34. The maximum atomic E-state index is 12.8. The number of aryl methyl sites for hydroxylation is 1. The summed E-state index contributed by atoms with van der Waals surface area (Å²) < 4.78 is 38.4. The summed E-state index contributed by atoms with van der Waals surface area (Å²) in [5, 5.41) is 7.54. The number of amides is 2. The molecule has 0 radical (unpaired) electrons. The number of alkyl halides is 3. The number of carbonyl (C=O) groups excluding carboxylic acids is 1. The first-order valence-corrected chi connectivity index (χ1v) is 9.99. The second-order valence-corrected chi connectivity index (χ2v) is 7.76. The molecule has 4 rings (SSSR count). The fourth-order valence-electron chi connectivity index (χ4n) is 3.70. The van der Waals surface area contributed by atoms with Gasteiger partial charge in [0.1, 0.15) is 5.82 Å². The molecule has 0 spiro atoms. The number of urea groups is 1. The fourth-order valence-corrected chi connectivity index (χ4v) is 3.98. The van der Waals surface area contributed by atoms with E-state index in [0.29, 0.717) is 25.2 Å². The van der Waals surface area contributed by atoms with Gasteiger partial charge in [-0.3, -0.25) is 4.98 Å². The van der Waals surface area contributed by atoms with Crippen LogP contribution in [0.5, 0.6) is 0 Å². The lowest BCUT2D eigenvalue weighted by Crippen LogP contribution is -2.39. The summed E-state index contributed by atoms with van der Waals surface area (Å²) in [5.74, 6) is 0.274. The predicted octanol–water partition coefficient (Wildman–Crippen LogP) is 5.01. The lowest BCUT2D eigenvalue weighted by atomic mass is 10.1. The molecule has 1 aliphatic rings. The van der Waals surface area contributed by atoms with Crippen molar-refractivity contribution in [2.45, 2.75) is 25.6 Å². The molecule has 10 heteroatoms. The number of hydrogen-bond acceptors (Lipinski definition) is 4. The van der Waals surface area contributed by atoms with E-state index in [2.05, 4.69) is 20.6 Å². The van der Waals surface area contributed by atoms with E-state index in [1.165, 1.54) is 0 Å². The zero-order chi connectivity index (χ0) is 22.2. The number of fused-ring (bicyclic) bond motifs is 1. The zero-order valence-electron chi connectivity index (χ0n) is 16.5. The van der Waals surface area contributed by atoms with Gasteiger partial charge in [-0.2, -0.15) is 13.2 Å². The van der Waals surface area contributed by atoms with Gasteiger partial charge < -0.3 is 15.5 Å². The van der Waals surface area contributed by atoms with Crippen LogP contribution in [0.15, 0.2) is 42.7 Å². The molecular formula is C21H19ClF3N5O. The molecule has 6 nitrogen and oxygen atoms in total. The Labute approximate surface area is 181 Å². The van der Waals surface area contributed by atoms with Gasteiger partial charge in [0.05, 0.1) is 16.3 Å². The van der Waals surface area contributed by atoms with E-state index in [9.17, 15) is 18.0 Å². The Bertz CT molecular complexity index is 1140. The largest absolute Gasteiger partial charge is 0.417 e. The number of nitrogens with zero attached hydrogens (tertiary/aromatic N) is 3. The van der Waals surface area contributed by atoms with Gasteiger partial charge in [-0.05, 0) is 31.5 Å². The highest BCUT2D eigenvalue weighted by molar-refractivity contribution is 6.33. The van der Waals surface area contributed by atoms with Crippen molar-refractivity contribution in [2.75, 3.05) is 23.3 Å². The van der Waals surface area contributed by atoms with Gasteiger partial charge in [-0.1, -0.05) is 23.7 Å². The quantitative estimate of drug-likeness (QED) is 0.589. The molecule has 1 aliphatic heterocycles. The zero-order valence-corrected chi connectivity index (χ0v) is 17.3. The van der Waals surface area contributed by atoms with Crippen LogP contribution in [0.25, 0.3) is 10.8 Å². The Morgan fingerprint density at radius 3 is 2.77 bits per heavy atom. The van der Waals surface area contributed by atoms with Crippen molar-refractivity contribution < 1.29 is 18.0 Å². The molecule has 2 N–H and O–H groups in total. The molecule has 1 unspecified atom stereocenters. The van der Waals surface area contributed by atoms with E-state index in [4.69, 9.17) is 11.6 Å². The third-order valence-corrected chi connectivity index (χ3v) is 5.50. The summed E-state index contributed by atoms with van der Waals surface area (Å²) in [6.45, 7) is 2.81. The van der Waals surface area contributed by atoms with Crippen molar-refractivity contribution in [2.24, 2.45) is 0 Å². The van der Waals surface area contributed by atoms with Gasteiger partial charge in [0, 0.05) is 48.0 Å². The van der Waals surface area contributed by atoms with E-state index in [1.807, 2.05) is 31.2 Å². The number of aromatic nitrogens is 2. The summed E-state index contributed by atoms with van der Waals surface area (Å²) in [6.07, 6.45) is -1.42. The SMILES string of the molecule is Cc1nccc2c(NC(=O)NC3CCN(c4ncc(C(F)(F)F)cc4Cl)C3)cccc12. The Hall–Kier alpha value is -3.07. The van der Waals surface area contributed by atoms with Crippen molar-refractivity contribution >= 4 is 39.9 Å². The van der Waals surface area contributed by atoms with Gasteiger partial charge in [0.25, 0.3) is 0 Å². The van der Waals surface area contributed by atoms with Crippen molar-refractivity contribution in [1.29, 1.82) is 0 Å². The molecule has 1 aromatic carbocycles. The molecule has 31 heavy (non-hydrogen) atoms. The molecule has 162 valence electrons. The molecular weight excluding hydrogens is 431 g/mol. The maximum Gasteiger partial charge on any atom is 0.417 e. The van der Waals surface area contributed by atoms with Crippen LogP contribution < -0.4 is 15.5 Å². The predicted molar refractivity (Wildman–Crippen MR) is 114 cm³/mol. The van der Waals surface area contributed by atoms with Crippen molar-refractivity contribution in [3.05, 3.63) is 59.0 Å². The molecule has 1 saturated heterocycles. The second kappa shape index (κ2) is 8.22. The van der Waals surface area contributed by atoms with Gasteiger partial charge in [-0.25, -0.2) is 9.78 Å². The van der Waals surface area contributed by atoms with Crippen LogP contribution in [-0.2, 0) is 6.18 Å². The van der Waals surface area contributed by atoms with Crippen LogP contribution in [0.3, 0.4) is 0 Å². The number of benzene rings is 1. The summed E-state index contributed by atoms with van der Waals surface area (Å²) in [5.41, 5.74) is 0.645. The molecule has 1 fully saturated rings. The normalized spacial score (nSPS) is 16.5. The highest BCUT2D eigenvalue weighted by atomic mass is 35.5. The first-order chi connectivity index (χ1) is 14.7. The Balaban J connectivity index is 1.41. The van der Waals surface area contributed by atoms with E-state index in [1.54, 1.807) is 11.1 Å². The minimum Gasteiger partial charge on any atom is -0.353 e. The summed E-state index contributed by atoms with van der Waals surface area (Å²) in [4.78, 5) is 22.5. The monoisotopic (exact) mass is 449 g/mol. The summed E-state index contributed by atoms with van der Waals surface area (Å²) >= 11 is 6.04. The van der Waals surface area contributed by atoms with E-state index in [-0.39, 0.29) is 22.9 Å². The number of rotatable bonds is 3. The van der Waals surface area contributed by atoms with E-state index >= 15 is 0 Å². The molecule has 0 aliphatic carbocycles. The molecule has 2 aromatic heterocycles. The standard InChI is InChI=1S/C21H19ClF3N5O/c1-12-15-3-2-4-18(16(15)5-7-26-12)29-20(31)28-14-6-8-30(11-14)19-17(22)9-13(10-27-19)21(23,24)25/h2-5,7,9-10,14H,6,8,11H2,1H3,(H2,28,29,31). The number of nitrogens with one attached hydrogen (secondary N) is 2.